The second-order valence-electron chi connectivity index (χ2n) is 3.26. The number of hydroxylamine groups is 3. The summed E-state index contributed by atoms with van der Waals surface area (Å²) in [6.07, 6.45) is 5.96. The first-order chi connectivity index (χ1) is 6.53. The fourth-order valence-corrected chi connectivity index (χ4v) is 1.46. The van der Waals surface area contributed by atoms with Crippen molar-refractivity contribution in [1.82, 2.24) is 0 Å². The molecule has 2 aliphatic heterocycles. The topological polar surface area (TPSA) is 75.7 Å². The van der Waals surface area contributed by atoms with E-state index in [1.807, 2.05) is 0 Å². The maximum Gasteiger partial charge on any atom is 0.270 e. The van der Waals surface area contributed by atoms with Crippen LogP contribution in [0.4, 0.5) is 0 Å². The highest BCUT2D eigenvalue weighted by Gasteiger charge is 2.37. The number of hydrogen-bond donors (Lipinski definition) is 2. The fraction of sp³-hybridized carbons (Fsp3) is 0.111. The Hall–Kier alpha value is -1.72. The second-order valence-corrected chi connectivity index (χ2v) is 3.26. The predicted octanol–water partition coefficient (Wildman–Crippen LogP) is 0.405. The van der Waals surface area contributed by atoms with Crippen molar-refractivity contribution in [2.75, 3.05) is 0 Å². The van der Waals surface area contributed by atoms with Crippen LogP contribution in [0.3, 0.4) is 0 Å². The highest BCUT2D eigenvalue weighted by atomic mass is 16.5. The van der Waals surface area contributed by atoms with Gasteiger partial charge in [-0.05, 0) is 12.5 Å². The van der Waals surface area contributed by atoms with Gasteiger partial charge in [-0.25, -0.2) is 5.21 Å². The Bertz CT molecular complexity index is 431. The molecule has 1 atom stereocenters. The van der Waals surface area contributed by atoms with E-state index in [-0.39, 0.29) is 0 Å². The number of aliphatic imine (C=N–C) groups is 1. The monoisotopic (exact) mass is 192 g/mol. The summed E-state index contributed by atoms with van der Waals surface area (Å²) in [7, 11) is 0. The van der Waals surface area contributed by atoms with Gasteiger partial charge in [0, 0.05) is 6.08 Å². The zero-order chi connectivity index (χ0) is 10.3. The van der Waals surface area contributed by atoms with Crippen LogP contribution in [-0.2, 0) is 4.79 Å². The van der Waals surface area contributed by atoms with Crippen LogP contribution in [0, 0.1) is 0 Å². The molecule has 0 bridgehead atoms. The molecule has 0 saturated carbocycles. The molecule has 0 fully saturated rings. The first kappa shape index (κ1) is 8.86. The molecular formula is C9H10N3O2+. The summed E-state index contributed by atoms with van der Waals surface area (Å²) in [4.78, 5) is 15.0. The van der Waals surface area contributed by atoms with Gasteiger partial charge in [-0.15, -0.1) is 0 Å². The summed E-state index contributed by atoms with van der Waals surface area (Å²) in [5.74, 6) is -0.0860. The fourth-order valence-electron chi connectivity index (χ4n) is 1.46. The zero-order valence-corrected chi connectivity index (χ0v) is 7.64. The standard InChI is InChI=1S/C9H9N3O2/c1-6-4-8-11-2-3-12(8,14)5-7(6)9(10)13/h2-5,14H,1H3,(H-,10,13)/p+1. The van der Waals surface area contributed by atoms with E-state index in [1.54, 1.807) is 13.0 Å². The lowest BCUT2D eigenvalue weighted by Crippen LogP contribution is -2.40. The third-order valence-corrected chi connectivity index (χ3v) is 2.23. The van der Waals surface area contributed by atoms with Crippen LogP contribution < -0.4 is 5.73 Å². The smallest absolute Gasteiger partial charge is 0.270 e. The molecular weight excluding hydrogens is 182 g/mol. The summed E-state index contributed by atoms with van der Waals surface area (Å²) in [5.41, 5.74) is 6.19. The molecule has 0 aliphatic carbocycles. The van der Waals surface area contributed by atoms with Crippen LogP contribution in [0.5, 0.6) is 0 Å². The van der Waals surface area contributed by atoms with Gasteiger partial charge in [0.05, 0.1) is 11.8 Å². The van der Waals surface area contributed by atoms with E-state index in [2.05, 4.69) is 4.99 Å². The van der Waals surface area contributed by atoms with Crippen molar-refractivity contribution in [3.63, 3.8) is 0 Å². The molecule has 0 radical (unpaired) electrons. The Morgan fingerprint density at radius 1 is 1.64 bits per heavy atom. The molecule has 1 unspecified atom stereocenters. The molecule has 2 heterocycles. The molecule has 5 nitrogen and oxygen atoms in total. The summed E-state index contributed by atoms with van der Waals surface area (Å²) in [6, 6.07) is 0. The van der Waals surface area contributed by atoms with E-state index >= 15 is 0 Å². The number of amidine groups is 1. The molecule has 0 aromatic rings. The SMILES string of the molecule is CC1=CC2=NC=C[N+]2(O)C=C1C(N)=O. The Kier molecular flexibility index (Phi) is 1.67. The van der Waals surface area contributed by atoms with Crippen LogP contribution in [0.15, 0.2) is 40.8 Å². The predicted molar refractivity (Wildman–Crippen MR) is 49.7 cm³/mol. The van der Waals surface area contributed by atoms with E-state index in [4.69, 9.17) is 5.73 Å². The van der Waals surface area contributed by atoms with Gasteiger partial charge in [-0.3, -0.25) is 4.79 Å². The van der Waals surface area contributed by atoms with Gasteiger partial charge in [0.15, 0.2) is 12.4 Å². The number of carbonyl (C=O) groups excluding carboxylic acids is 1. The first-order valence-electron chi connectivity index (χ1n) is 4.11. The molecule has 2 aliphatic rings. The Labute approximate surface area is 80.7 Å². The molecule has 1 amide bonds. The van der Waals surface area contributed by atoms with Crippen molar-refractivity contribution < 1.29 is 14.6 Å². The number of nitrogens with zero attached hydrogens (tertiary/aromatic N) is 2. The lowest BCUT2D eigenvalue weighted by atomic mass is 10.0. The maximum atomic E-state index is 11.0. The molecule has 72 valence electrons. The third kappa shape index (κ3) is 1.11. The number of quaternary nitrogens is 1. The number of fused-ring (bicyclic) bond motifs is 1. The second kappa shape index (κ2) is 2.63. The van der Waals surface area contributed by atoms with Crippen molar-refractivity contribution in [3.8, 4) is 0 Å². The minimum Gasteiger partial charge on any atom is -0.365 e. The van der Waals surface area contributed by atoms with Crippen molar-refractivity contribution >= 4 is 11.7 Å². The summed E-state index contributed by atoms with van der Waals surface area (Å²) in [5, 5.41) is 9.94. The average Bonchev–Trinajstić information content (AvgIpc) is 2.45. The van der Waals surface area contributed by atoms with Crippen molar-refractivity contribution in [3.05, 3.63) is 35.8 Å². The van der Waals surface area contributed by atoms with Gasteiger partial charge in [0.2, 0.25) is 0 Å². The summed E-state index contributed by atoms with van der Waals surface area (Å²) < 4.78 is -0.574. The lowest BCUT2D eigenvalue weighted by Gasteiger charge is -2.21. The minimum absolute atomic E-state index is 0.318. The number of amides is 1. The van der Waals surface area contributed by atoms with Crippen LogP contribution in [0.2, 0.25) is 0 Å². The van der Waals surface area contributed by atoms with E-state index in [0.29, 0.717) is 17.0 Å². The maximum absolute atomic E-state index is 11.0. The molecule has 0 spiro atoms. The van der Waals surface area contributed by atoms with Gasteiger partial charge in [-0.1, -0.05) is 4.65 Å². The van der Waals surface area contributed by atoms with E-state index < -0.39 is 10.6 Å². The van der Waals surface area contributed by atoms with Crippen LogP contribution in [-0.4, -0.2) is 21.6 Å². The van der Waals surface area contributed by atoms with Gasteiger partial charge >= 0.3 is 0 Å². The number of nitrogens with two attached hydrogens (primary N) is 1. The normalized spacial score (nSPS) is 29.1. The molecule has 2 rings (SSSR count). The molecule has 14 heavy (non-hydrogen) atoms. The first-order valence-corrected chi connectivity index (χ1v) is 4.11. The minimum atomic E-state index is -0.574. The summed E-state index contributed by atoms with van der Waals surface area (Å²) >= 11 is 0. The Morgan fingerprint density at radius 3 is 3.00 bits per heavy atom. The highest BCUT2D eigenvalue weighted by molar-refractivity contribution is 6.01. The van der Waals surface area contributed by atoms with Crippen molar-refractivity contribution in [1.29, 1.82) is 0 Å². The molecule has 3 N–H and O–H groups in total. The van der Waals surface area contributed by atoms with Crippen molar-refractivity contribution in [2.24, 2.45) is 10.7 Å². The highest BCUT2D eigenvalue weighted by Crippen LogP contribution is 2.25. The molecule has 0 saturated heterocycles. The van der Waals surface area contributed by atoms with E-state index in [9.17, 15) is 10.0 Å². The van der Waals surface area contributed by atoms with E-state index in [1.165, 1.54) is 18.6 Å². The van der Waals surface area contributed by atoms with Crippen LogP contribution in [0.1, 0.15) is 6.92 Å². The lowest BCUT2D eigenvalue weighted by molar-refractivity contribution is -0.943. The van der Waals surface area contributed by atoms with E-state index in [0.717, 1.165) is 0 Å². The molecule has 0 aromatic heterocycles. The van der Waals surface area contributed by atoms with Gasteiger partial charge in [0.1, 0.15) is 0 Å². The van der Waals surface area contributed by atoms with Crippen molar-refractivity contribution in [2.45, 2.75) is 6.92 Å². The quantitative estimate of drug-likeness (QED) is 0.590. The number of carbonyl (C=O) groups is 1. The number of rotatable bonds is 1. The number of primary amides is 1. The Morgan fingerprint density at radius 2 is 2.36 bits per heavy atom. The molecule has 0 aromatic carbocycles. The average molecular weight is 192 g/mol. The molecule has 5 heteroatoms. The van der Waals surface area contributed by atoms with Gasteiger partial charge < -0.3 is 5.73 Å². The van der Waals surface area contributed by atoms with Crippen LogP contribution in [0.25, 0.3) is 0 Å². The van der Waals surface area contributed by atoms with Gasteiger partial charge in [-0.2, -0.15) is 4.99 Å². The van der Waals surface area contributed by atoms with Gasteiger partial charge in [0.25, 0.3) is 11.7 Å². The Balaban J connectivity index is 2.53. The summed E-state index contributed by atoms with van der Waals surface area (Å²) in [6.45, 7) is 1.75. The number of hydrogen-bond acceptors (Lipinski definition) is 3. The zero-order valence-electron chi connectivity index (χ0n) is 7.64. The largest absolute Gasteiger partial charge is 0.365 e. The van der Waals surface area contributed by atoms with Crippen LogP contribution >= 0.6 is 0 Å². The third-order valence-electron chi connectivity index (χ3n) is 2.23.